The van der Waals surface area contributed by atoms with Gasteiger partial charge in [-0.15, -0.1) is 11.3 Å². The third-order valence-electron chi connectivity index (χ3n) is 2.46. The van der Waals surface area contributed by atoms with E-state index >= 15 is 0 Å². The van der Waals surface area contributed by atoms with Crippen molar-refractivity contribution in [3.05, 3.63) is 21.3 Å². The number of ketones is 1. The van der Waals surface area contributed by atoms with Gasteiger partial charge in [-0.25, -0.2) is 16.8 Å². The molecule has 108 valence electrons. The molecule has 0 saturated carbocycles. The summed E-state index contributed by atoms with van der Waals surface area (Å²) >= 11 is 6.68. The molecule has 9 heteroatoms. The zero-order valence-corrected chi connectivity index (χ0v) is 13.5. The van der Waals surface area contributed by atoms with Crippen LogP contribution in [0.3, 0.4) is 0 Å². The van der Waals surface area contributed by atoms with Gasteiger partial charge in [0, 0.05) is 6.26 Å². The van der Waals surface area contributed by atoms with Crippen LogP contribution in [0.5, 0.6) is 0 Å². The monoisotopic (exact) mass is 344 g/mol. The summed E-state index contributed by atoms with van der Waals surface area (Å²) in [7, 11) is -7.18. The lowest BCUT2D eigenvalue weighted by Crippen LogP contribution is -2.31. The van der Waals surface area contributed by atoms with Crippen LogP contribution in [0.4, 0.5) is 0 Å². The molecular formula is C10H13ClO5S3. The zero-order chi connectivity index (χ0) is 14.8. The molecule has 0 aliphatic heterocycles. The minimum absolute atomic E-state index is 0.250. The Labute approximate surface area is 121 Å². The van der Waals surface area contributed by atoms with Crippen molar-refractivity contribution in [3.8, 4) is 0 Å². The first kappa shape index (κ1) is 16.6. The summed E-state index contributed by atoms with van der Waals surface area (Å²) in [5.74, 6) is -1.61. The molecule has 0 fully saturated rings. The fourth-order valence-electron chi connectivity index (χ4n) is 1.25. The van der Waals surface area contributed by atoms with E-state index in [2.05, 4.69) is 0 Å². The normalized spacial score (nSPS) is 14.3. The Morgan fingerprint density at radius 2 is 1.84 bits per heavy atom. The first-order valence-corrected chi connectivity index (χ1v) is 10.2. The van der Waals surface area contributed by atoms with Gasteiger partial charge in [0.05, 0.1) is 20.7 Å². The molecular weight excluding hydrogens is 332 g/mol. The average Bonchev–Trinajstić information content (AvgIpc) is 2.70. The molecule has 19 heavy (non-hydrogen) atoms. The topological polar surface area (TPSA) is 85.3 Å². The number of rotatable bonds is 6. The van der Waals surface area contributed by atoms with Crippen LogP contribution in [0.1, 0.15) is 16.6 Å². The average molecular weight is 345 g/mol. The van der Waals surface area contributed by atoms with Crippen molar-refractivity contribution in [1.82, 2.24) is 0 Å². The van der Waals surface area contributed by atoms with Gasteiger partial charge in [-0.05, 0) is 19.1 Å². The molecule has 1 unspecified atom stereocenters. The molecule has 0 radical (unpaired) electrons. The second-order valence-corrected chi connectivity index (χ2v) is 10.5. The molecule has 0 aromatic carbocycles. The summed E-state index contributed by atoms with van der Waals surface area (Å²) in [5.41, 5.74) is 0. The maximum atomic E-state index is 12.0. The second kappa shape index (κ2) is 5.90. The van der Waals surface area contributed by atoms with Gasteiger partial charge in [-0.3, -0.25) is 4.79 Å². The molecule has 0 spiro atoms. The Bertz CT molecular complexity index is 672. The van der Waals surface area contributed by atoms with Crippen LogP contribution in [0.25, 0.3) is 0 Å². The highest BCUT2D eigenvalue weighted by atomic mass is 35.5. The van der Waals surface area contributed by atoms with Gasteiger partial charge in [0.2, 0.25) is 0 Å². The second-order valence-electron chi connectivity index (χ2n) is 4.11. The van der Waals surface area contributed by atoms with Crippen molar-refractivity contribution in [1.29, 1.82) is 0 Å². The highest BCUT2D eigenvalue weighted by Gasteiger charge is 2.30. The largest absolute Gasteiger partial charge is 0.292 e. The molecule has 1 rings (SSSR count). The summed E-state index contributed by atoms with van der Waals surface area (Å²) < 4.78 is 46.1. The zero-order valence-electron chi connectivity index (χ0n) is 10.3. The third-order valence-corrected chi connectivity index (χ3v) is 6.98. The van der Waals surface area contributed by atoms with Crippen molar-refractivity contribution in [2.75, 3.05) is 17.8 Å². The Morgan fingerprint density at radius 1 is 1.26 bits per heavy atom. The van der Waals surface area contributed by atoms with E-state index in [-0.39, 0.29) is 4.88 Å². The number of sulfone groups is 2. The highest BCUT2D eigenvalue weighted by molar-refractivity contribution is 7.95. The van der Waals surface area contributed by atoms with Crippen LogP contribution in [0.2, 0.25) is 4.34 Å². The lowest BCUT2D eigenvalue weighted by molar-refractivity contribution is 0.0995. The van der Waals surface area contributed by atoms with E-state index in [9.17, 15) is 21.6 Å². The van der Waals surface area contributed by atoms with Gasteiger partial charge in [-0.1, -0.05) is 11.6 Å². The number of halogens is 1. The highest BCUT2D eigenvalue weighted by Crippen LogP contribution is 2.24. The molecule has 1 heterocycles. The minimum atomic E-state index is -3.80. The molecule has 0 N–H and O–H groups in total. The van der Waals surface area contributed by atoms with Crippen LogP contribution in [-0.4, -0.2) is 45.6 Å². The summed E-state index contributed by atoms with van der Waals surface area (Å²) in [4.78, 5) is 12.2. The summed E-state index contributed by atoms with van der Waals surface area (Å²) in [6, 6.07) is 2.97. The van der Waals surface area contributed by atoms with Gasteiger partial charge in [0.25, 0.3) is 0 Å². The standard InChI is InChI=1S/C10H13ClO5S3/c1-7(10(12)8-3-4-9(11)17-8)19(15,16)6-5-18(2,13)14/h3-4,7H,5-6H2,1-2H3. The first-order chi connectivity index (χ1) is 8.53. The SMILES string of the molecule is CC(C(=O)c1ccc(Cl)s1)S(=O)(=O)CCS(C)(=O)=O. The molecule has 0 saturated heterocycles. The van der Waals surface area contributed by atoms with Crippen LogP contribution >= 0.6 is 22.9 Å². The van der Waals surface area contributed by atoms with E-state index < -0.39 is 42.2 Å². The van der Waals surface area contributed by atoms with Gasteiger partial charge in [-0.2, -0.15) is 0 Å². The lowest BCUT2D eigenvalue weighted by Gasteiger charge is -2.10. The molecule has 5 nitrogen and oxygen atoms in total. The Balaban J connectivity index is 2.87. The molecule has 0 aliphatic rings. The number of Topliss-reactive ketones (excluding diaryl/α,β-unsaturated/α-hetero) is 1. The molecule has 1 atom stereocenters. The maximum absolute atomic E-state index is 12.0. The maximum Gasteiger partial charge on any atom is 0.190 e. The molecule has 1 aromatic heterocycles. The van der Waals surface area contributed by atoms with Crippen LogP contribution < -0.4 is 0 Å². The van der Waals surface area contributed by atoms with E-state index in [1.54, 1.807) is 0 Å². The first-order valence-electron chi connectivity index (χ1n) is 5.22. The van der Waals surface area contributed by atoms with Gasteiger partial charge < -0.3 is 0 Å². The number of thiophene rings is 1. The Morgan fingerprint density at radius 3 is 2.26 bits per heavy atom. The summed E-state index contributed by atoms with van der Waals surface area (Å²) in [6.07, 6.45) is 0.952. The van der Waals surface area contributed by atoms with Crippen LogP contribution in [-0.2, 0) is 19.7 Å². The third kappa shape index (κ3) is 4.87. The van der Waals surface area contributed by atoms with Crippen molar-refractivity contribution < 1.29 is 21.6 Å². The number of carbonyl (C=O) groups is 1. The minimum Gasteiger partial charge on any atom is -0.292 e. The predicted octanol–water partition coefficient (Wildman–Crippen LogP) is 1.43. The molecule has 0 aliphatic carbocycles. The molecule has 0 amide bonds. The van der Waals surface area contributed by atoms with Crippen LogP contribution in [0.15, 0.2) is 12.1 Å². The molecule has 0 bridgehead atoms. The van der Waals surface area contributed by atoms with E-state index in [1.165, 1.54) is 19.1 Å². The number of hydrogen-bond acceptors (Lipinski definition) is 6. The van der Waals surface area contributed by atoms with Gasteiger partial charge in [0.1, 0.15) is 15.1 Å². The van der Waals surface area contributed by atoms with E-state index in [0.717, 1.165) is 17.6 Å². The Kier molecular flexibility index (Phi) is 5.16. The van der Waals surface area contributed by atoms with Crippen LogP contribution in [0, 0.1) is 0 Å². The predicted molar refractivity (Wildman–Crippen MR) is 76.6 cm³/mol. The Hall–Kier alpha value is -0.440. The fraction of sp³-hybridized carbons (Fsp3) is 0.500. The summed E-state index contributed by atoms with van der Waals surface area (Å²) in [6.45, 7) is 1.26. The number of hydrogen-bond donors (Lipinski definition) is 0. The van der Waals surface area contributed by atoms with E-state index in [0.29, 0.717) is 4.34 Å². The van der Waals surface area contributed by atoms with Crippen molar-refractivity contribution in [2.45, 2.75) is 12.2 Å². The van der Waals surface area contributed by atoms with Crippen molar-refractivity contribution in [2.24, 2.45) is 0 Å². The quantitative estimate of drug-likeness (QED) is 0.729. The van der Waals surface area contributed by atoms with Gasteiger partial charge >= 0.3 is 0 Å². The summed E-state index contributed by atoms with van der Waals surface area (Å²) in [5, 5.41) is -1.27. The lowest BCUT2D eigenvalue weighted by atomic mass is 10.2. The molecule has 1 aromatic rings. The van der Waals surface area contributed by atoms with Crippen molar-refractivity contribution in [3.63, 3.8) is 0 Å². The number of carbonyl (C=O) groups excluding carboxylic acids is 1. The fourth-order valence-corrected chi connectivity index (χ4v) is 5.35. The van der Waals surface area contributed by atoms with Gasteiger partial charge in [0.15, 0.2) is 15.6 Å². The van der Waals surface area contributed by atoms with Crippen molar-refractivity contribution >= 4 is 48.4 Å². The smallest absolute Gasteiger partial charge is 0.190 e. The van der Waals surface area contributed by atoms with E-state index in [4.69, 9.17) is 11.6 Å². The van der Waals surface area contributed by atoms with E-state index in [1.807, 2.05) is 0 Å².